The van der Waals surface area contributed by atoms with Gasteiger partial charge in [-0.25, -0.2) is 13.8 Å². The molecule has 0 spiro atoms. The summed E-state index contributed by atoms with van der Waals surface area (Å²) in [7, 11) is 0. The number of halogens is 3. The molecule has 1 aliphatic heterocycles. The Morgan fingerprint density at radius 2 is 2.05 bits per heavy atom. The fourth-order valence-corrected chi connectivity index (χ4v) is 1.89. The van der Waals surface area contributed by atoms with Crippen LogP contribution in [0.5, 0.6) is 0 Å². The summed E-state index contributed by atoms with van der Waals surface area (Å²) in [6, 6.07) is -0.893. The summed E-state index contributed by atoms with van der Waals surface area (Å²) < 4.78 is 25.8. The van der Waals surface area contributed by atoms with E-state index < -0.39 is 36.7 Å². The molecule has 122 valence electrons. The summed E-state index contributed by atoms with van der Waals surface area (Å²) in [6.07, 6.45) is 3.65. The summed E-state index contributed by atoms with van der Waals surface area (Å²) in [5.74, 6) is -3.76. The zero-order chi connectivity index (χ0) is 15.3. The molecule has 1 saturated heterocycles. The Hall–Kier alpha value is -1.87. The van der Waals surface area contributed by atoms with Gasteiger partial charge in [-0.2, -0.15) is 0 Å². The van der Waals surface area contributed by atoms with Gasteiger partial charge < -0.3 is 10.6 Å². The van der Waals surface area contributed by atoms with Gasteiger partial charge in [-0.15, -0.1) is 12.4 Å². The highest BCUT2D eigenvalue weighted by Gasteiger charge is 2.42. The molecule has 0 saturated carbocycles. The van der Waals surface area contributed by atoms with E-state index in [0.29, 0.717) is 0 Å². The van der Waals surface area contributed by atoms with Gasteiger partial charge in [0.1, 0.15) is 5.69 Å². The quantitative estimate of drug-likeness (QED) is 0.644. The van der Waals surface area contributed by atoms with Crippen molar-refractivity contribution in [3.63, 3.8) is 0 Å². The number of alkyl halides is 2. The predicted molar refractivity (Wildman–Crippen MR) is 76.0 cm³/mol. The van der Waals surface area contributed by atoms with Crippen molar-refractivity contribution in [1.82, 2.24) is 25.9 Å². The molecule has 0 aliphatic carbocycles. The standard InChI is InChI=1S/C12H15F2N5O2.ClH/c13-12(14)5-8(19-7-12)10(20)17-3-4-18-11(21)9-6-15-1-2-16-9;/h1-2,6,8,19H,3-5,7H2,(H,17,20)(H,18,21);1H. The molecule has 1 aromatic rings. The Morgan fingerprint density at radius 3 is 2.64 bits per heavy atom. The first-order chi connectivity index (χ1) is 9.98. The van der Waals surface area contributed by atoms with E-state index in [0.717, 1.165) is 0 Å². The zero-order valence-electron chi connectivity index (χ0n) is 11.5. The Balaban J connectivity index is 0.00000242. The summed E-state index contributed by atoms with van der Waals surface area (Å²) >= 11 is 0. The lowest BCUT2D eigenvalue weighted by Crippen LogP contribution is -2.43. The van der Waals surface area contributed by atoms with Crippen LogP contribution in [0.3, 0.4) is 0 Å². The Kier molecular flexibility index (Phi) is 6.57. The van der Waals surface area contributed by atoms with Crippen molar-refractivity contribution in [3.05, 3.63) is 24.3 Å². The van der Waals surface area contributed by atoms with Crippen molar-refractivity contribution in [2.75, 3.05) is 19.6 Å². The first-order valence-corrected chi connectivity index (χ1v) is 6.41. The Bertz CT molecular complexity index is 517. The van der Waals surface area contributed by atoms with Gasteiger partial charge in [0.2, 0.25) is 5.91 Å². The van der Waals surface area contributed by atoms with Crippen molar-refractivity contribution in [2.24, 2.45) is 0 Å². The van der Waals surface area contributed by atoms with E-state index in [-0.39, 0.29) is 31.2 Å². The molecule has 1 aliphatic rings. The minimum absolute atomic E-state index is 0. The minimum Gasteiger partial charge on any atom is -0.353 e. The maximum Gasteiger partial charge on any atom is 0.271 e. The van der Waals surface area contributed by atoms with Crippen LogP contribution in [0.2, 0.25) is 0 Å². The van der Waals surface area contributed by atoms with E-state index in [1.165, 1.54) is 18.6 Å². The van der Waals surface area contributed by atoms with Crippen LogP contribution in [-0.4, -0.2) is 53.4 Å². The summed E-state index contributed by atoms with van der Waals surface area (Å²) in [5, 5.41) is 7.47. The molecule has 22 heavy (non-hydrogen) atoms. The van der Waals surface area contributed by atoms with Gasteiger partial charge in [0, 0.05) is 31.9 Å². The van der Waals surface area contributed by atoms with E-state index in [1.807, 2.05) is 0 Å². The first-order valence-electron chi connectivity index (χ1n) is 6.41. The van der Waals surface area contributed by atoms with Crippen LogP contribution in [0, 0.1) is 0 Å². The molecule has 3 N–H and O–H groups in total. The van der Waals surface area contributed by atoms with Crippen LogP contribution < -0.4 is 16.0 Å². The number of nitrogens with one attached hydrogen (secondary N) is 3. The molecule has 2 amide bonds. The maximum absolute atomic E-state index is 12.9. The lowest BCUT2D eigenvalue weighted by Gasteiger charge is -2.11. The maximum atomic E-state index is 12.9. The number of rotatable bonds is 5. The Labute approximate surface area is 131 Å². The number of nitrogens with zero attached hydrogens (tertiary/aromatic N) is 2. The molecule has 2 rings (SSSR count). The molecule has 1 aromatic heterocycles. The number of carbonyl (C=O) groups excluding carboxylic acids is 2. The smallest absolute Gasteiger partial charge is 0.271 e. The second-order valence-corrected chi connectivity index (χ2v) is 4.63. The van der Waals surface area contributed by atoms with Gasteiger partial charge >= 0.3 is 0 Å². The van der Waals surface area contributed by atoms with Gasteiger partial charge in [-0.1, -0.05) is 0 Å². The molecule has 2 heterocycles. The fourth-order valence-electron chi connectivity index (χ4n) is 1.89. The third-order valence-electron chi connectivity index (χ3n) is 2.93. The fraction of sp³-hybridized carbons (Fsp3) is 0.500. The minimum atomic E-state index is -2.85. The van der Waals surface area contributed by atoms with Gasteiger partial charge in [0.15, 0.2) is 0 Å². The van der Waals surface area contributed by atoms with Crippen molar-refractivity contribution < 1.29 is 18.4 Å². The van der Waals surface area contributed by atoms with E-state index in [4.69, 9.17) is 0 Å². The molecule has 7 nitrogen and oxygen atoms in total. The summed E-state index contributed by atoms with van der Waals surface area (Å²) in [5.41, 5.74) is 0.168. The summed E-state index contributed by atoms with van der Waals surface area (Å²) in [4.78, 5) is 30.8. The van der Waals surface area contributed by atoms with Gasteiger partial charge in [0.25, 0.3) is 11.8 Å². The first kappa shape index (κ1) is 18.2. The molecule has 0 radical (unpaired) electrons. The summed E-state index contributed by atoms with van der Waals surface area (Å²) in [6.45, 7) is -0.173. The number of amides is 2. The Morgan fingerprint density at radius 1 is 1.32 bits per heavy atom. The van der Waals surface area contributed by atoms with Crippen molar-refractivity contribution in [2.45, 2.75) is 18.4 Å². The number of hydrogen-bond donors (Lipinski definition) is 3. The van der Waals surface area contributed by atoms with Crippen LogP contribution in [0.25, 0.3) is 0 Å². The molecular formula is C12H16ClF2N5O2. The van der Waals surface area contributed by atoms with Crippen LogP contribution in [-0.2, 0) is 4.79 Å². The van der Waals surface area contributed by atoms with Gasteiger partial charge in [-0.3, -0.25) is 19.9 Å². The molecule has 1 fully saturated rings. The van der Waals surface area contributed by atoms with E-state index in [9.17, 15) is 18.4 Å². The van der Waals surface area contributed by atoms with Crippen LogP contribution >= 0.6 is 12.4 Å². The van der Waals surface area contributed by atoms with Crippen LogP contribution in [0.15, 0.2) is 18.6 Å². The SMILES string of the molecule is Cl.O=C(NCCNC(=O)C1CC(F)(F)CN1)c1cnccn1. The molecule has 1 unspecified atom stereocenters. The average Bonchev–Trinajstić information content (AvgIpc) is 2.84. The topological polar surface area (TPSA) is 96.0 Å². The number of carbonyl (C=O) groups is 2. The van der Waals surface area contributed by atoms with E-state index >= 15 is 0 Å². The van der Waals surface area contributed by atoms with Crippen molar-refractivity contribution in [3.8, 4) is 0 Å². The second-order valence-electron chi connectivity index (χ2n) is 4.63. The van der Waals surface area contributed by atoms with Gasteiger partial charge in [0.05, 0.1) is 18.8 Å². The molecule has 0 bridgehead atoms. The molecule has 10 heteroatoms. The lowest BCUT2D eigenvalue weighted by molar-refractivity contribution is -0.123. The average molecular weight is 336 g/mol. The second kappa shape index (κ2) is 7.95. The van der Waals surface area contributed by atoms with Crippen LogP contribution in [0.1, 0.15) is 16.9 Å². The normalized spacial score (nSPS) is 19.1. The molecular weight excluding hydrogens is 320 g/mol. The molecule has 1 atom stereocenters. The lowest BCUT2D eigenvalue weighted by atomic mass is 10.2. The third kappa shape index (κ3) is 5.15. The third-order valence-corrected chi connectivity index (χ3v) is 2.93. The monoisotopic (exact) mass is 335 g/mol. The number of hydrogen-bond acceptors (Lipinski definition) is 5. The zero-order valence-corrected chi connectivity index (χ0v) is 12.3. The van der Waals surface area contributed by atoms with Crippen molar-refractivity contribution >= 4 is 24.2 Å². The van der Waals surface area contributed by atoms with E-state index in [2.05, 4.69) is 25.9 Å². The largest absolute Gasteiger partial charge is 0.353 e. The highest BCUT2D eigenvalue weighted by Crippen LogP contribution is 2.24. The highest BCUT2D eigenvalue weighted by molar-refractivity contribution is 5.91. The van der Waals surface area contributed by atoms with Crippen molar-refractivity contribution in [1.29, 1.82) is 0 Å². The van der Waals surface area contributed by atoms with Gasteiger partial charge in [-0.05, 0) is 0 Å². The number of aromatic nitrogens is 2. The van der Waals surface area contributed by atoms with E-state index in [1.54, 1.807) is 0 Å². The molecule has 0 aromatic carbocycles. The highest BCUT2D eigenvalue weighted by atomic mass is 35.5. The van der Waals surface area contributed by atoms with Crippen LogP contribution in [0.4, 0.5) is 8.78 Å². The predicted octanol–water partition coefficient (Wildman–Crippen LogP) is -0.258.